The highest BCUT2D eigenvalue weighted by molar-refractivity contribution is 6.34. The predicted molar refractivity (Wildman–Crippen MR) is 141 cm³/mol. The van der Waals surface area contributed by atoms with Crippen LogP contribution in [0.25, 0.3) is 5.57 Å². The Labute approximate surface area is 226 Å². The van der Waals surface area contributed by atoms with Crippen LogP contribution in [0.2, 0.25) is 5.02 Å². The molecule has 8 nitrogen and oxygen atoms in total. The van der Waals surface area contributed by atoms with E-state index < -0.39 is 11.9 Å². The number of nitrogens with zero attached hydrogens (tertiary/aromatic N) is 3. The number of carboxylic acid groups (broad SMARTS) is 1. The molecular formula is C29H32ClN3O5. The van der Waals surface area contributed by atoms with Crippen LogP contribution >= 0.6 is 11.6 Å². The molecule has 2 atom stereocenters. The standard InChI is InChI=1S/C29H32ClN3O5/c30-23-3-1-2-21(17-4-5-17)25(23)28(35)33-24-16-20(27(34)32-12-14-38-15-13-32)10-11-22(24)26(31-33)18-6-8-19(9-7-18)29(36)37/h1-3,6,17,19-20H,4-5,7-16H2,(H,36,37). The average molecular weight is 538 g/mol. The van der Waals surface area contributed by atoms with E-state index in [1.54, 1.807) is 6.07 Å². The molecule has 1 aromatic carbocycles. The maximum Gasteiger partial charge on any atom is 0.306 e. The average Bonchev–Trinajstić information content (AvgIpc) is 3.72. The Hall–Kier alpha value is -2.97. The third-order valence-electron chi connectivity index (χ3n) is 8.48. The van der Waals surface area contributed by atoms with Crippen molar-refractivity contribution in [2.75, 3.05) is 26.3 Å². The minimum Gasteiger partial charge on any atom is -0.481 e. The summed E-state index contributed by atoms with van der Waals surface area (Å²) in [6.45, 7) is 2.28. The number of aromatic nitrogens is 2. The number of hydrogen-bond acceptors (Lipinski definition) is 5. The monoisotopic (exact) mass is 537 g/mol. The number of allylic oxidation sites excluding steroid dienone is 2. The van der Waals surface area contributed by atoms with Gasteiger partial charge in [0.15, 0.2) is 0 Å². The number of ether oxygens (including phenoxy) is 1. The number of carboxylic acids is 1. The van der Waals surface area contributed by atoms with Gasteiger partial charge >= 0.3 is 5.97 Å². The first kappa shape index (κ1) is 25.3. The number of fused-ring (bicyclic) bond motifs is 1. The van der Waals surface area contributed by atoms with Crippen molar-refractivity contribution in [1.29, 1.82) is 0 Å². The molecule has 6 rings (SSSR count). The topological polar surface area (TPSA) is 102 Å². The fraction of sp³-hybridized carbons (Fsp3) is 0.517. The van der Waals surface area contributed by atoms with Crippen LogP contribution in [0.4, 0.5) is 0 Å². The SMILES string of the molecule is O=C(O)C1CC=C(c2nn(C(=O)c3c(Cl)cccc3C3CC3)c3c2CCC(C(=O)N2CCOCC2)C3)CC1. The van der Waals surface area contributed by atoms with Crippen LogP contribution in [-0.4, -0.2) is 63.9 Å². The van der Waals surface area contributed by atoms with Gasteiger partial charge in [0, 0.05) is 31.0 Å². The molecule has 0 bridgehead atoms. The van der Waals surface area contributed by atoms with Gasteiger partial charge in [0.25, 0.3) is 5.91 Å². The quantitative estimate of drug-likeness (QED) is 0.609. The van der Waals surface area contributed by atoms with Crippen molar-refractivity contribution in [3.8, 4) is 0 Å². The molecule has 38 heavy (non-hydrogen) atoms. The highest BCUT2D eigenvalue weighted by Gasteiger charge is 2.37. The summed E-state index contributed by atoms with van der Waals surface area (Å²) < 4.78 is 6.93. The Morgan fingerprint density at radius 2 is 1.79 bits per heavy atom. The Kier molecular flexibility index (Phi) is 6.86. The van der Waals surface area contributed by atoms with E-state index in [4.69, 9.17) is 21.4 Å². The Balaban J connectivity index is 1.39. The largest absolute Gasteiger partial charge is 0.481 e. The van der Waals surface area contributed by atoms with Gasteiger partial charge in [0.1, 0.15) is 0 Å². The second-order valence-corrected chi connectivity index (χ2v) is 11.3. The second kappa shape index (κ2) is 10.3. The Bertz CT molecular complexity index is 1320. The molecule has 1 amide bonds. The number of amides is 1. The lowest BCUT2D eigenvalue weighted by atomic mass is 9.82. The van der Waals surface area contributed by atoms with Crippen LogP contribution in [0.15, 0.2) is 24.3 Å². The smallest absolute Gasteiger partial charge is 0.306 e. The molecule has 0 radical (unpaired) electrons. The van der Waals surface area contributed by atoms with E-state index in [-0.39, 0.29) is 17.7 Å². The Morgan fingerprint density at radius 3 is 2.47 bits per heavy atom. The van der Waals surface area contributed by atoms with Crippen molar-refractivity contribution in [3.05, 3.63) is 57.4 Å². The van der Waals surface area contributed by atoms with Crippen molar-refractivity contribution < 1.29 is 24.2 Å². The molecule has 1 saturated heterocycles. The van der Waals surface area contributed by atoms with Gasteiger partial charge in [-0.2, -0.15) is 9.78 Å². The maximum absolute atomic E-state index is 14.1. The van der Waals surface area contributed by atoms with Crippen molar-refractivity contribution in [2.24, 2.45) is 11.8 Å². The first-order valence-electron chi connectivity index (χ1n) is 13.6. The molecule has 9 heteroatoms. The molecule has 1 saturated carbocycles. The summed E-state index contributed by atoms with van der Waals surface area (Å²) in [7, 11) is 0. The summed E-state index contributed by atoms with van der Waals surface area (Å²) in [5, 5.41) is 14.7. The first-order valence-corrected chi connectivity index (χ1v) is 14.0. The normalized spacial score (nSPS) is 23.5. The van der Waals surface area contributed by atoms with Crippen LogP contribution in [-0.2, 0) is 27.2 Å². The number of morpholine rings is 1. The van der Waals surface area contributed by atoms with Gasteiger partial charge in [-0.15, -0.1) is 0 Å². The number of hydrogen-bond donors (Lipinski definition) is 1. The number of carbonyl (C=O) groups excluding carboxylic acids is 2. The van der Waals surface area contributed by atoms with Gasteiger partial charge in [-0.3, -0.25) is 14.4 Å². The van der Waals surface area contributed by atoms with Gasteiger partial charge in [-0.05, 0) is 68.1 Å². The minimum atomic E-state index is -0.779. The van der Waals surface area contributed by atoms with Crippen LogP contribution in [0.1, 0.15) is 77.3 Å². The lowest BCUT2D eigenvalue weighted by Gasteiger charge is -2.32. The van der Waals surface area contributed by atoms with Crippen molar-refractivity contribution in [3.63, 3.8) is 0 Å². The van der Waals surface area contributed by atoms with Crippen LogP contribution in [0, 0.1) is 11.8 Å². The third kappa shape index (κ3) is 4.69. The summed E-state index contributed by atoms with van der Waals surface area (Å²) in [5.41, 5.74) is 5.01. The summed E-state index contributed by atoms with van der Waals surface area (Å²) in [6.07, 6.45) is 7.43. The minimum absolute atomic E-state index is 0.110. The zero-order chi connectivity index (χ0) is 26.4. The summed E-state index contributed by atoms with van der Waals surface area (Å²) >= 11 is 6.61. The third-order valence-corrected chi connectivity index (χ3v) is 8.79. The molecule has 2 fully saturated rings. The molecule has 200 valence electrons. The molecule has 4 aliphatic rings. The number of benzene rings is 1. The first-order chi connectivity index (χ1) is 18.4. The number of halogens is 1. The van der Waals surface area contributed by atoms with E-state index in [1.165, 1.54) is 4.68 Å². The van der Waals surface area contributed by atoms with Crippen LogP contribution in [0.5, 0.6) is 0 Å². The van der Waals surface area contributed by atoms with E-state index in [0.717, 1.165) is 40.9 Å². The molecule has 2 unspecified atom stereocenters. The van der Waals surface area contributed by atoms with Crippen LogP contribution in [0.3, 0.4) is 0 Å². The van der Waals surface area contributed by atoms with Crippen LogP contribution < -0.4 is 0 Å². The van der Waals surface area contributed by atoms with Gasteiger partial charge in [-0.1, -0.05) is 29.8 Å². The molecule has 0 spiro atoms. The zero-order valence-electron chi connectivity index (χ0n) is 21.3. The summed E-state index contributed by atoms with van der Waals surface area (Å²) in [5.74, 6) is -1.19. The van der Waals surface area contributed by atoms with Gasteiger partial charge in [0.05, 0.1) is 41.1 Å². The highest BCUT2D eigenvalue weighted by Crippen LogP contribution is 2.44. The van der Waals surface area contributed by atoms with Crippen molar-refractivity contribution in [1.82, 2.24) is 14.7 Å². The second-order valence-electron chi connectivity index (χ2n) is 10.9. The Morgan fingerprint density at radius 1 is 1.03 bits per heavy atom. The fourth-order valence-corrected chi connectivity index (χ4v) is 6.43. The van der Waals surface area contributed by atoms with E-state index in [1.807, 2.05) is 23.1 Å². The number of aliphatic carboxylic acids is 1. The van der Waals surface area contributed by atoms with Gasteiger partial charge in [-0.25, -0.2) is 0 Å². The molecular weight excluding hydrogens is 506 g/mol. The van der Waals surface area contributed by atoms with E-state index in [9.17, 15) is 19.5 Å². The lowest BCUT2D eigenvalue weighted by molar-refractivity contribution is -0.142. The molecule has 3 aliphatic carbocycles. The fourth-order valence-electron chi connectivity index (χ4n) is 6.17. The molecule has 1 N–H and O–H groups in total. The molecule has 2 aromatic rings. The molecule has 1 aliphatic heterocycles. The zero-order valence-corrected chi connectivity index (χ0v) is 22.1. The number of carbonyl (C=O) groups is 3. The molecule has 2 heterocycles. The summed E-state index contributed by atoms with van der Waals surface area (Å²) in [4.78, 5) is 40.9. The maximum atomic E-state index is 14.1. The highest BCUT2D eigenvalue weighted by atomic mass is 35.5. The van der Waals surface area contributed by atoms with Gasteiger partial charge in [0.2, 0.25) is 5.91 Å². The summed E-state index contributed by atoms with van der Waals surface area (Å²) in [6, 6.07) is 5.62. The van der Waals surface area contributed by atoms with Gasteiger partial charge < -0.3 is 14.7 Å². The molecule has 1 aromatic heterocycles. The lowest BCUT2D eigenvalue weighted by Crippen LogP contribution is -2.45. The van der Waals surface area contributed by atoms with Crippen molar-refractivity contribution in [2.45, 2.75) is 57.3 Å². The van der Waals surface area contributed by atoms with E-state index in [2.05, 4.69) is 0 Å². The van der Waals surface area contributed by atoms with E-state index >= 15 is 0 Å². The van der Waals surface area contributed by atoms with Crippen molar-refractivity contribution >= 4 is 35.0 Å². The number of rotatable bonds is 5. The predicted octanol–water partition coefficient (Wildman–Crippen LogP) is 4.33. The van der Waals surface area contributed by atoms with E-state index in [0.29, 0.717) is 81.3 Å².